The predicted molar refractivity (Wildman–Crippen MR) is 62.7 cm³/mol. The molecular formula is C12H14O4S. The topological polar surface area (TPSA) is 52.6 Å². The summed E-state index contributed by atoms with van der Waals surface area (Å²) in [5.74, 6) is -1.38. The van der Waals surface area contributed by atoms with Gasteiger partial charge in [0.1, 0.15) is 0 Å². The van der Waals surface area contributed by atoms with Gasteiger partial charge in [0.15, 0.2) is 5.92 Å². The molecule has 0 saturated carbocycles. The molecule has 0 aliphatic carbocycles. The Hall–Kier alpha value is -1.36. The first-order valence-electron chi connectivity index (χ1n) is 5.50. The van der Waals surface area contributed by atoms with Crippen molar-refractivity contribution in [2.75, 3.05) is 6.79 Å². The Morgan fingerprint density at radius 3 is 2.53 bits per heavy atom. The molecule has 0 atom stereocenters. The molecular weight excluding hydrogens is 240 g/mol. The molecule has 1 saturated heterocycles. The van der Waals surface area contributed by atoms with Crippen LogP contribution in [0.25, 0.3) is 0 Å². The first-order valence-corrected chi connectivity index (χ1v) is 6.31. The van der Waals surface area contributed by atoms with Gasteiger partial charge in [-0.05, 0) is 24.5 Å². The van der Waals surface area contributed by atoms with Gasteiger partial charge in [-0.2, -0.15) is 0 Å². The van der Waals surface area contributed by atoms with Gasteiger partial charge in [0.25, 0.3) is 0 Å². The average Bonchev–Trinajstić information content (AvgIpc) is 2.65. The van der Waals surface area contributed by atoms with E-state index in [4.69, 9.17) is 9.47 Å². The van der Waals surface area contributed by atoms with Crippen molar-refractivity contribution in [2.24, 2.45) is 5.92 Å². The highest BCUT2D eigenvalue weighted by Crippen LogP contribution is 2.30. The number of cyclic esters (lactones) is 2. The Balaban J connectivity index is 2.18. The largest absolute Gasteiger partial charge is 0.427 e. The molecule has 17 heavy (non-hydrogen) atoms. The van der Waals surface area contributed by atoms with Crippen LogP contribution in [0, 0.1) is 5.92 Å². The minimum Gasteiger partial charge on any atom is -0.427 e. The lowest BCUT2D eigenvalue weighted by Crippen LogP contribution is -2.32. The molecule has 0 spiro atoms. The summed E-state index contributed by atoms with van der Waals surface area (Å²) in [6.07, 6.45) is 0.946. The third kappa shape index (κ3) is 2.66. The average molecular weight is 254 g/mol. The summed E-state index contributed by atoms with van der Waals surface area (Å²) < 4.78 is 9.46. The zero-order valence-corrected chi connectivity index (χ0v) is 10.6. The lowest BCUT2D eigenvalue weighted by Gasteiger charge is -2.18. The Kier molecular flexibility index (Phi) is 3.47. The van der Waals surface area contributed by atoms with Crippen LogP contribution in [0.15, 0.2) is 12.1 Å². The predicted octanol–water partition coefficient (Wildman–Crippen LogP) is 2.09. The smallest absolute Gasteiger partial charge is 0.328 e. The third-order valence-electron chi connectivity index (χ3n) is 2.45. The Morgan fingerprint density at radius 2 is 1.94 bits per heavy atom. The van der Waals surface area contributed by atoms with Crippen LogP contribution in [0.3, 0.4) is 0 Å². The molecule has 0 N–H and O–H groups in total. The highest BCUT2D eigenvalue weighted by molar-refractivity contribution is 7.12. The van der Waals surface area contributed by atoms with Crippen molar-refractivity contribution in [1.82, 2.24) is 0 Å². The van der Waals surface area contributed by atoms with Crippen molar-refractivity contribution >= 4 is 23.3 Å². The first-order chi connectivity index (χ1) is 8.08. The number of ether oxygens (including phenoxy) is 2. The van der Waals surface area contributed by atoms with E-state index in [1.807, 2.05) is 6.07 Å². The second kappa shape index (κ2) is 4.87. The van der Waals surface area contributed by atoms with Crippen LogP contribution < -0.4 is 0 Å². The number of esters is 2. The second-order valence-electron chi connectivity index (χ2n) is 4.38. The van der Waals surface area contributed by atoms with Gasteiger partial charge >= 0.3 is 11.9 Å². The quantitative estimate of drug-likeness (QED) is 0.612. The number of thiophene rings is 1. The van der Waals surface area contributed by atoms with Crippen molar-refractivity contribution in [3.8, 4) is 0 Å². The first kappa shape index (κ1) is 12.1. The zero-order valence-electron chi connectivity index (χ0n) is 9.76. The van der Waals surface area contributed by atoms with Gasteiger partial charge in [-0.1, -0.05) is 13.8 Å². The highest BCUT2D eigenvalue weighted by atomic mass is 32.1. The molecule has 2 rings (SSSR count). The molecule has 0 bridgehead atoms. The zero-order chi connectivity index (χ0) is 12.4. The molecule has 1 aromatic heterocycles. The minimum absolute atomic E-state index is 0.265. The highest BCUT2D eigenvalue weighted by Gasteiger charge is 2.36. The maximum atomic E-state index is 11.5. The van der Waals surface area contributed by atoms with Crippen LogP contribution in [0.4, 0.5) is 0 Å². The van der Waals surface area contributed by atoms with Crippen molar-refractivity contribution in [1.29, 1.82) is 0 Å². The Labute approximate surface area is 104 Å². The number of carbonyl (C=O) groups is 2. The van der Waals surface area contributed by atoms with Crippen LogP contribution in [-0.2, 0) is 25.5 Å². The minimum atomic E-state index is -0.894. The molecule has 1 fully saturated rings. The fourth-order valence-corrected chi connectivity index (χ4v) is 3.00. The molecule has 1 aromatic rings. The summed E-state index contributed by atoms with van der Waals surface area (Å²) >= 11 is 1.47. The van der Waals surface area contributed by atoms with E-state index < -0.39 is 17.9 Å². The van der Waals surface area contributed by atoms with E-state index in [1.54, 1.807) is 6.07 Å². The molecule has 0 radical (unpaired) electrons. The van der Waals surface area contributed by atoms with E-state index in [0.717, 1.165) is 6.42 Å². The second-order valence-corrected chi connectivity index (χ2v) is 5.58. The lowest BCUT2D eigenvalue weighted by molar-refractivity contribution is -0.184. The molecule has 4 nitrogen and oxygen atoms in total. The number of carbonyl (C=O) groups excluding carboxylic acids is 2. The molecule has 5 heteroatoms. The number of rotatable bonds is 3. The Morgan fingerprint density at radius 1 is 1.29 bits per heavy atom. The van der Waals surface area contributed by atoms with Gasteiger partial charge in [-0.15, -0.1) is 11.3 Å². The van der Waals surface area contributed by atoms with Crippen molar-refractivity contribution in [2.45, 2.75) is 26.2 Å². The molecule has 1 aliphatic rings. The number of hydrogen-bond donors (Lipinski definition) is 0. The van der Waals surface area contributed by atoms with Gasteiger partial charge in [0.05, 0.1) is 0 Å². The lowest BCUT2D eigenvalue weighted by atomic mass is 10.1. The van der Waals surface area contributed by atoms with E-state index in [9.17, 15) is 9.59 Å². The van der Waals surface area contributed by atoms with Gasteiger partial charge in [-0.3, -0.25) is 9.59 Å². The Bertz CT molecular complexity index is 419. The van der Waals surface area contributed by atoms with Crippen molar-refractivity contribution in [3.63, 3.8) is 0 Å². The summed E-state index contributed by atoms with van der Waals surface area (Å²) in [4.78, 5) is 24.9. The summed E-state index contributed by atoms with van der Waals surface area (Å²) in [5.41, 5.74) is 0. The summed E-state index contributed by atoms with van der Waals surface area (Å²) in [6, 6.07) is 3.76. The van der Waals surface area contributed by atoms with E-state index in [-0.39, 0.29) is 6.79 Å². The third-order valence-corrected chi connectivity index (χ3v) is 3.62. The maximum absolute atomic E-state index is 11.5. The monoisotopic (exact) mass is 254 g/mol. The van der Waals surface area contributed by atoms with Crippen LogP contribution >= 0.6 is 11.3 Å². The van der Waals surface area contributed by atoms with Gasteiger partial charge in [0.2, 0.25) is 6.79 Å². The fourth-order valence-electron chi connectivity index (χ4n) is 1.70. The standard InChI is InChI=1S/C12H14O4S/c1-7(2)5-8-3-4-9(17-8)10-11(13)15-6-16-12(10)14/h3-4,7,10H,5-6H2,1-2H3. The molecule has 0 amide bonds. The molecule has 92 valence electrons. The normalized spacial score (nSPS) is 17.1. The van der Waals surface area contributed by atoms with Gasteiger partial charge in [-0.25, -0.2) is 0 Å². The van der Waals surface area contributed by atoms with Gasteiger partial charge < -0.3 is 9.47 Å². The molecule has 2 heterocycles. The maximum Gasteiger partial charge on any atom is 0.328 e. The van der Waals surface area contributed by atoms with E-state index in [0.29, 0.717) is 10.8 Å². The SMILES string of the molecule is CC(C)Cc1ccc(C2C(=O)OCOC2=O)s1. The summed E-state index contributed by atoms with van der Waals surface area (Å²) in [7, 11) is 0. The fraction of sp³-hybridized carbons (Fsp3) is 0.500. The summed E-state index contributed by atoms with van der Waals surface area (Å²) in [6.45, 7) is 3.99. The number of hydrogen-bond acceptors (Lipinski definition) is 5. The van der Waals surface area contributed by atoms with Crippen LogP contribution in [0.2, 0.25) is 0 Å². The summed E-state index contributed by atoms with van der Waals surface area (Å²) in [5, 5.41) is 0. The van der Waals surface area contributed by atoms with Crippen molar-refractivity contribution in [3.05, 3.63) is 21.9 Å². The molecule has 0 aromatic carbocycles. The molecule has 0 unspecified atom stereocenters. The van der Waals surface area contributed by atoms with Crippen molar-refractivity contribution < 1.29 is 19.1 Å². The van der Waals surface area contributed by atoms with Gasteiger partial charge in [0, 0.05) is 9.75 Å². The van der Waals surface area contributed by atoms with E-state index in [2.05, 4.69) is 13.8 Å². The van der Waals surface area contributed by atoms with Crippen LogP contribution in [0.5, 0.6) is 0 Å². The van der Waals surface area contributed by atoms with E-state index in [1.165, 1.54) is 16.2 Å². The van der Waals surface area contributed by atoms with E-state index >= 15 is 0 Å². The van der Waals surface area contributed by atoms with Crippen LogP contribution in [-0.4, -0.2) is 18.7 Å². The molecule has 1 aliphatic heterocycles. The van der Waals surface area contributed by atoms with Crippen LogP contribution in [0.1, 0.15) is 29.5 Å².